The normalized spacial score (nSPS) is 13.3. The molecule has 0 aliphatic heterocycles. The summed E-state index contributed by atoms with van der Waals surface area (Å²) in [5.41, 5.74) is 1.41. The molecule has 36 heavy (non-hydrogen) atoms. The number of aryl methyl sites for hydroxylation is 1. The molecule has 0 aliphatic rings. The number of rotatable bonds is 11. The smallest absolute Gasteiger partial charge is 0.461 e. The van der Waals surface area contributed by atoms with Crippen molar-refractivity contribution in [2.45, 2.75) is 38.4 Å². The lowest BCUT2D eigenvalue weighted by Gasteiger charge is -2.21. The first kappa shape index (κ1) is 27.3. The van der Waals surface area contributed by atoms with Gasteiger partial charge in [-0.3, -0.25) is 4.79 Å². The number of hydrogen-bond donors (Lipinski definition) is 2. The van der Waals surface area contributed by atoms with E-state index in [1.54, 1.807) is 30.3 Å². The average Bonchev–Trinajstić information content (AvgIpc) is 2.83. The number of carbonyl (C=O) groups is 1. The van der Waals surface area contributed by atoms with Crippen LogP contribution in [0.2, 0.25) is 5.02 Å². The van der Waals surface area contributed by atoms with Gasteiger partial charge in [0.05, 0.1) is 12.0 Å². The van der Waals surface area contributed by atoms with Crippen molar-refractivity contribution < 1.29 is 42.0 Å². The molecule has 3 aromatic rings. The zero-order chi connectivity index (χ0) is 26.5. The largest absolute Gasteiger partial charge is 0.481 e. The van der Waals surface area contributed by atoms with E-state index < -0.39 is 36.3 Å². The number of ether oxygens (including phenoxy) is 2. The zero-order valence-corrected chi connectivity index (χ0v) is 19.8. The molecule has 0 radical (unpaired) electrons. The van der Waals surface area contributed by atoms with Crippen molar-refractivity contribution in [1.82, 2.24) is 0 Å². The Morgan fingerprint density at radius 3 is 2.28 bits per heavy atom. The van der Waals surface area contributed by atoms with Crippen LogP contribution in [0.3, 0.4) is 0 Å². The van der Waals surface area contributed by atoms with Crippen LogP contribution in [0.25, 0.3) is 0 Å². The molecule has 10 heteroatoms. The molecule has 0 bridgehead atoms. The molecular formula is C26H23ClF4O5. The van der Waals surface area contributed by atoms with Gasteiger partial charge in [-0.2, -0.15) is 17.6 Å². The van der Waals surface area contributed by atoms with E-state index in [-0.39, 0.29) is 17.5 Å². The highest BCUT2D eigenvalue weighted by Gasteiger charge is 2.44. The molecule has 0 heterocycles. The van der Waals surface area contributed by atoms with Crippen molar-refractivity contribution in [1.29, 1.82) is 0 Å². The number of aliphatic hydroxyl groups is 1. The summed E-state index contributed by atoms with van der Waals surface area (Å²) in [6, 6.07) is 16.2. The fourth-order valence-corrected chi connectivity index (χ4v) is 3.76. The summed E-state index contributed by atoms with van der Waals surface area (Å²) in [5, 5.41) is 21.0. The van der Waals surface area contributed by atoms with Gasteiger partial charge in [-0.05, 0) is 72.0 Å². The van der Waals surface area contributed by atoms with Gasteiger partial charge in [0.25, 0.3) is 0 Å². The fraction of sp³-hybridized carbons (Fsp3) is 0.269. The Bertz CT molecular complexity index is 1190. The fourth-order valence-electron chi connectivity index (χ4n) is 3.51. The van der Waals surface area contributed by atoms with E-state index in [9.17, 15) is 32.6 Å². The van der Waals surface area contributed by atoms with Crippen LogP contribution in [0.4, 0.5) is 17.6 Å². The number of carboxylic acid groups (broad SMARTS) is 1. The summed E-state index contributed by atoms with van der Waals surface area (Å²) in [6.45, 7) is 1.96. The molecule has 3 aromatic carbocycles. The van der Waals surface area contributed by atoms with E-state index in [1.807, 2.05) is 6.92 Å². The summed E-state index contributed by atoms with van der Waals surface area (Å²) in [7, 11) is 0. The molecule has 0 saturated carbocycles. The number of carboxylic acids is 1. The van der Waals surface area contributed by atoms with Crippen LogP contribution in [-0.4, -0.2) is 28.7 Å². The second-order valence-electron chi connectivity index (χ2n) is 7.98. The molecule has 3 rings (SSSR count). The van der Waals surface area contributed by atoms with Gasteiger partial charge in [-0.25, -0.2) is 0 Å². The SMILES string of the molecule is CCc1cc(Oc2ccc(C(O)C(Cc3cccc(OC(F)(F)C(F)F)c3)C(=O)O)cc2)ccc1Cl. The number of alkyl halides is 4. The van der Waals surface area contributed by atoms with Gasteiger partial charge in [0, 0.05) is 5.02 Å². The summed E-state index contributed by atoms with van der Waals surface area (Å²) in [4.78, 5) is 11.9. The van der Waals surface area contributed by atoms with Crippen molar-refractivity contribution in [2.24, 2.45) is 5.92 Å². The van der Waals surface area contributed by atoms with E-state index in [4.69, 9.17) is 16.3 Å². The second-order valence-corrected chi connectivity index (χ2v) is 8.39. The maximum atomic E-state index is 13.2. The highest BCUT2D eigenvalue weighted by atomic mass is 35.5. The Balaban J connectivity index is 1.73. The van der Waals surface area contributed by atoms with E-state index in [0.29, 0.717) is 16.5 Å². The minimum absolute atomic E-state index is 0.207. The lowest BCUT2D eigenvalue weighted by atomic mass is 9.90. The van der Waals surface area contributed by atoms with Crippen LogP contribution < -0.4 is 9.47 Å². The first-order valence-electron chi connectivity index (χ1n) is 10.9. The predicted octanol–water partition coefficient (Wildman–Crippen LogP) is 6.91. The highest BCUT2D eigenvalue weighted by Crippen LogP contribution is 2.32. The molecular weight excluding hydrogens is 504 g/mol. The molecule has 2 unspecified atom stereocenters. The molecule has 0 spiro atoms. The Kier molecular flexibility index (Phi) is 8.81. The van der Waals surface area contributed by atoms with Gasteiger partial charge in [0.15, 0.2) is 0 Å². The Labute approximate surface area is 209 Å². The van der Waals surface area contributed by atoms with E-state index in [2.05, 4.69) is 4.74 Å². The minimum atomic E-state index is -4.70. The van der Waals surface area contributed by atoms with Gasteiger partial charge >= 0.3 is 18.5 Å². The van der Waals surface area contributed by atoms with Gasteiger partial charge in [-0.1, -0.05) is 42.8 Å². The summed E-state index contributed by atoms with van der Waals surface area (Å²) in [6.07, 6.45) is -9.72. The molecule has 5 nitrogen and oxygen atoms in total. The summed E-state index contributed by atoms with van der Waals surface area (Å²) in [5.74, 6) is -2.22. The Hall–Kier alpha value is -3.30. The molecule has 192 valence electrons. The number of halogens is 5. The van der Waals surface area contributed by atoms with Crippen LogP contribution in [0.5, 0.6) is 17.2 Å². The quantitative estimate of drug-likeness (QED) is 0.266. The van der Waals surface area contributed by atoms with Gasteiger partial charge in [-0.15, -0.1) is 0 Å². The van der Waals surface area contributed by atoms with Crippen LogP contribution in [-0.2, 0) is 17.6 Å². The third kappa shape index (κ3) is 6.89. The third-order valence-electron chi connectivity index (χ3n) is 5.42. The molecule has 0 aliphatic carbocycles. The Morgan fingerprint density at radius 2 is 1.67 bits per heavy atom. The summed E-state index contributed by atoms with van der Waals surface area (Å²) >= 11 is 6.12. The maximum Gasteiger partial charge on any atom is 0.461 e. The number of benzene rings is 3. The van der Waals surface area contributed by atoms with Crippen molar-refractivity contribution >= 4 is 17.6 Å². The first-order valence-corrected chi connectivity index (χ1v) is 11.3. The number of aliphatic hydroxyl groups excluding tert-OH is 1. The Morgan fingerprint density at radius 1 is 1.00 bits per heavy atom. The number of hydrogen-bond acceptors (Lipinski definition) is 4. The average molecular weight is 527 g/mol. The molecule has 2 atom stereocenters. The standard InChI is InChI=1S/C26H23ClF4O5/c1-2-16-14-19(10-11-22(16)27)35-18-8-6-17(7-9-18)23(32)21(24(33)34)13-15-4-3-5-20(12-15)36-26(30,31)25(28)29/h3-12,14,21,23,25,32H,2,13H2,1H3,(H,33,34). The van der Waals surface area contributed by atoms with E-state index >= 15 is 0 Å². The topological polar surface area (TPSA) is 76.0 Å². The molecule has 0 amide bonds. The van der Waals surface area contributed by atoms with Crippen molar-refractivity contribution in [3.8, 4) is 17.2 Å². The number of aliphatic carboxylic acids is 1. The van der Waals surface area contributed by atoms with Gasteiger partial charge in [0.1, 0.15) is 17.2 Å². The van der Waals surface area contributed by atoms with Gasteiger partial charge in [0.2, 0.25) is 0 Å². The van der Waals surface area contributed by atoms with Crippen molar-refractivity contribution in [2.75, 3.05) is 0 Å². The zero-order valence-electron chi connectivity index (χ0n) is 19.0. The van der Waals surface area contributed by atoms with Crippen molar-refractivity contribution in [3.63, 3.8) is 0 Å². The first-order chi connectivity index (χ1) is 17.0. The lowest BCUT2D eigenvalue weighted by molar-refractivity contribution is -0.253. The van der Waals surface area contributed by atoms with E-state index in [0.717, 1.165) is 24.1 Å². The van der Waals surface area contributed by atoms with Crippen LogP contribution in [0.15, 0.2) is 66.7 Å². The highest BCUT2D eigenvalue weighted by molar-refractivity contribution is 6.31. The van der Waals surface area contributed by atoms with Crippen molar-refractivity contribution in [3.05, 3.63) is 88.4 Å². The van der Waals surface area contributed by atoms with Gasteiger partial charge < -0.3 is 19.7 Å². The lowest BCUT2D eigenvalue weighted by Crippen LogP contribution is -2.33. The predicted molar refractivity (Wildman–Crippen MR) is 125 cm³/mol. The molecule has 0 saturated heterocycles. The monoisotopic (exact) mass is 526 g/mol. The van der Waals surface area contributed by atoms with Crippen LogP contribution >= 0.6 is 11.6 Å². The minimum Gasteiger partial charge on any atom is -0.481 e. The van der Waals surface area contributed by atoms with Crippen LogP contribution in [0, 0.1) is 5.92 Å². The third-order valence-corrected chi connectivity index (χ3v) is 5.78. The molecule has 0 aromatic heterocycles. The summed E-state index contributed by atoms with van der Waals surface area (Å²) < 4.78 is 61.1. The maximum absolute atomic E-state index is 13.2. The van der Waals surface area contributed by atoms with E-state index in [1.165, 1.54) is 24.3 Å². The second kappa shape index (κ2) is 11.6. The van der Waals surface area contributed by atoms with Crippen LogP contribution in [0.1, 0.15) is 29.7 Å². The molecule has 2 N–H and O–H groups in total. The molecule has 0 fully saturated rings.